The monoisotopic (exact) mass is 420 g/mol. The molecule has 3 aliphatic rings. The first-order valence-electron chi connectivity index (χ1n) is 10.3. The second kappa shape index (κ2) is 8.85. The van der Waals surface area contributed by atoms with E-state index in [0.717, 1.165) is 57.7 Å². The number of ether oxygens (including phenoxy) is 1. The molecule has 1 saturated heterocycles. The highest BCUT2D eigenvalue weighted by molar-refractivity contribution is 5.68. The fourth-order valence-electron chi connectivity index (χ4n) is 3.61. The third kappa shape index (κ3) is 4.63. The van der Waals surface area contributed by atoms with Crippen molar-refractivity contribution in [1.29, 1.82) is 0 Å². The average Bonchev–Trinajstić information content (AvgIpc) is 3.11. The highest BCUT2D eigenvalue weighted by Gasteiger charge is 2.42. The molecule has 1 saturated carbocycles. The maximum Gasteiger partial charge on any atom is 0.410 e. The lowest BCUT2D eigenvalue weighted by Crippen LogP contribution is -2.37. The number of carbonyl (C=O) groups excluding carboxylic acids is 1. The number of H-pyrrole nitrogens is 1. The topological polar surface area (TPSA) is 96.3 Å². The van der Waals surface area contributed by atoms with Crippen molar-refractivity contribution in [3.8, 4) is 0 Å². The molecule has 10 heteroatoms. The third-order valence-corrected chi connectivity index (χ3v) is 5.72. The first-order chi connectivity index (χ1) is 14.0. The molecule has 4 heterocycles. The predicted octanol–water partition coefficient (Wildman–Crippen LogP) is 2.74. The summed E-state index contributed by atoms with van der Waals surface area (Å²) in [5.41, 5.74) is 0.425. The Morgan fingerprint density at radius 2 is 1.90 bits per heavy atom. The fraction of sp³-hybridized carbons (Fsp3) is 0.600. The van der Waals surface area contributed by atoms with Gasteiger partial charge in [-0.2, -0.15) is 5.10 Å². The molecule has 0 radical (unpaired) electrons. The number of aromatic nitrogens is 4. The zero-order valence-electron chi connectivity index (χ0n) is 17.5. The summed E-state index contributed by atoms with van der Waals surface area (Å²) >= 11 is 0. The SMILES string of the molecule is CC1(OC(=O)N2CCCCC2)CC1.Cc1c(N2CCn3nccc32)nc[nH]c1=O.F. The van der Waals surface area contributed by atoms with Crippen LogP contribution in [0.2, 0.25) is 0 Å². The van der Waals surface area contributed by atoms with E-state index >= 15 is 0 Å². The molecule has 0 bridgehead atoms. The molecule has 164 valence electrons. The molecule has 2 aromatic rings. The van der Waals surface area contributed by atoms with E-state index in [4.69, 9.17) is 4.74 Å². The number of nitrogens with zero attached hydrogens (tertiary/aromatic N) is 5. The van der Waals surface area contributed by atoms with Crippen molar-refractivity contribution in [1.82, 2.24) is 24.6 Å². The van der Waals surface area contributed by atoms with Crippen LogP contribution in [0.25, 0.3) is 0 Å². The normalized spacial score (nSPS) is 18.6. The van der Waals surface area contributed by atoms with E-state index in [9.17, 15) is 9.59 Å². The second-order valence-electron chi connectivity index (χ2n) is 8.11. The van der Waals surface area contributed by atoms with Crippen LogP contribution in [0.5, 0.6) is 0 Å². The standard InChI is InChI=1S/C10H11N5O.C10H17NO2.FH/c1-7-9(11-6-12-10(7)16)14-4-5-15-8(14)2-3-13-15;1-10(5-6-10)13-9(12)11-7-3-2-4-8-11;/h2-3,6H,4-5H2,1H3,(H,11,12,16);2-8H2,1H3;1H. The van der Waals surface area contributed by atoms with Crippen LogP contribution in [0.4, 0.5) is 21.1 Å². The van der Waals surface area contributed by atoms with E-state index in [1.165, 1.54) is 12.7 Å². The van der Waals surface area contributed by atoms with Crippen molar-refractivity contribution in [2.45, 2.75) is 58.1 Å². The molecule has 0 unspecified atom stereocenters. The molecule has 0 atom stereocenters. The number of aromatic amines is 1. The molecule has 9 nitrogen and oxygen atoms in total. The number of likely N-dealkylation sites (tertiary alicyclic amines) is 1. The Morgan fingerprint density at radius 3 is 2.60 bits per heavy atom. The van der Waals surface area contributed by atoms with Gasteiger partial charge in [-0.1, -0.05) is 0 Å². The second-order valence-corrected chi connectivity index (χ2v) is 8.11. The summed E-state index contributed by atoms with van der Waals surface area (Å²) in [7, 11) is 0. The fourth-order valence-corrected chi connectivity index (χ4v) is 3.61. The Morgan fingerprint density at radius 1 is 1.17 bits per heavy atom. The van der Waals surface area contributed by atoms with Crippen LogP contribution >= 0.6 is 0 Å². The van der Waals surface area contributed by atoms with Crippen molar-refractivity contribution >= 4 is 17.7 Å². The molecule has 5 rings (SSSR count). The predicted molar refractivity (Wildman–Crippen MR) is 111 cm³/mol. The molecule has 0 spiro atoms. The average molecular weight is 420 g/mol. The Kier molecular flexibility index (Phi) is 6.42. The van der Waals surface area contributed by atoms with Crippen LogP contribution in [-0.4, -0.2) is 56.0 Å². The van der Waals surface area contributed by atoms with Gasteiger partial charge < -0.3 is 19.5 Å². The van der Waals surface area contributed by atoms with Crippen LogP contribution in [0.3, 0.4) is 0 Å². The lowest BCUT2D eigenvalue weighted by atomic mass is 10.1. The van der Waals surface area contributed by atoms with E-state index in [1.807, 2.05) is 27.5 Å². The smallest absolute Gasteiger partial charge is 0.410 e. The Bertz CT molecular complexity index is 933. The number of halogens is 1. The van der Waals surface area contributed by atoms with Gasteiger partial charge >= 0.3 is 6.09 Å². The zero-order valence-corrected chi connectivity index (χ0v) is 17.5. The van der Waals surface area contributed by atoms with Gasteiger partial charge in [0.25, 0.3) is 5.56 Å². The van der Waals surface area contributed by atoms with Gasteiger partial charge in [-0.25, -0.2) is 14.5 Å². The summed E-state index contributed by atoms with van der Waals surface area (Å²) in [6.45, 7) is 7.19. The summed E-state index contributed by atoms with van der Waals surface area (Å²) < 4.78 is 7.28. The van der Waals surface area contributed by atoms with Gasteiger partial charge in [0, 0.05) is 25.7 Å². The van der Waals surface area contributed by atoms with Gasteiger partial charge in [0.2, 0.25) is 0 Å². The summed E-state index contributed by atoms with van der Waals surface area (Å²) in [6, 6.07) is 1.93. The Balaban J connectivity index is 0.000000169. The van der Waals surface area contributed by atoms with Gasteiger partial charge in [-0.3, -0.25) is 9.50 Å². The summed E-state index contributed by atoms with van der Waals surface area (Å²) in [5, 5.41) is 4.19. The van der Waals surface area contributed by atoms with Crippen LogP contribution in [0.1, 0.15) is 44.6 Å². The number of carbonyl (C=O) groups is 1. The number of rotatable bonds is 2. The zero-order chi connectivity index (χ0) is 20.4. The minimum absolute atomic E-state index is 0. The minimum Gasteiger partial charge on any atom is -0.443 e. The number of anilines is 2. The molecular weight excluding hydrogens is 391 g/mol. The summed E-state index contributed by atoms with van der Waals surface area (Å²) in [5.74, 6) is 1.70. The molecule has 1 amide bonds. The first-order valence-corrected chi connectivity index (χ1v) is 10.3. The van der Waals surface area contributed by atoms with Crippen LogP contribution in [-0.2, 0) is 11.3 Å². The van der Waals surface area contributed by atoms with Crippen molar-refractivity contribution in [3.63, 3.8) is 0 Å². The van der Waals surface area contributed by atoms with E-state index in [0.29, 0.717) is 11.4 Å². The lowest BCUT2D eigenvalue weighted by molar-refractivity contribution is 0.0537. The molecule has 1 N–H and O–H groups in total. The molecule has 0 aromatic carbocycles. The Hall–Kier alpha value is -2.91. The Labute approximate surface area is 174 Å². The van der Waals surface area contributed by atoms with Gasteiger partial charge in [-0.05, 0) is 46.0 Å². The first kappa shape index (κ1) is 21.8. The minimum atomic E-state index is -0.117. The number of nitrogens with one attached hydrogen (secondary N) is 1. The quantitative estimate of drug-likeness (QED) is 0.803. The number of piperidine rings is 1. The molecule has 2 aromatic heterocycles. The van der Waals surface area contributed by atoms with Crippen LogP contribution < -0.4 is 10.5 Å². The lowest BCUT2D eigenvalue weighted by Gasteiger charge is -2.27. The molecule has 30 heavy (non-hydrogen) atoms. The van der Waals surface area contributed by atoms with E-state index in [1.54, 1.807) is 13.1 Å². The number of hydrogen-bond acceptors (Lipinski definition) is 6. The summed E-state index contributed by atoms with van der Waals surface area (Å²) in [6.07, 6.45) is 8.67. The van der Waals surface area contributed by atoms with Crippen LogP contribution in [0, 0.1) is 6.92 Å². The van der Waals surface area contributed by atoms with Gasteiger partial charge in [-0.15, -0.1) is 0 Å². The number of hydrogen-bond donors (Lipinski definition) is 1. The van der Waals surface area contributed by atoms with Crippen molar-refractivity contribution < 1.29 is 14.2 Å². The van der Waals surface area contributed by atoms with Gasteiger partial charge in [0.1, 0.15) is 17.2 Å². The van der Waals surface area contributed by atoms with Crippen molar-refractivity contribution in [2.24, 2.45) is 0 Å². The third-order valence-electron chi connectivity index (χ3n) is 5.72. The van der Waals surface area contributed by atoms with E-state index in [2.05, 4.69) is 15.1 Å². The number of fused-ring (bicyclic) bond motifs is 1. The maximum absolute atomic E-state index is 11.6. The van der Waals surface area contributed by atoms with Crippen molar-refractivity contribution in [2.75, 3.05) is 24.5 Å². The van der Waals surface area contributed by atoms with Crippen molar-refractivity contribution in [3.05, 3.63) is 34.5 Å². The van der Waals surface area contributed by atoms with E-state index in [-0.39, 0.29) is 22.0 Å². The number of amides is 1. The maximum atomic E-state index is 11.6. The largest absolute Gasteiger partial charge is 0.443 e. The highest BCUT2D eigenvalue weighted by atomic mass is 19.0. The molecule has 2 aliphatic heterocycles. The van der Waals surface area contributed by atoms with E-state index < -0.39 is 0 Å². The molecule has 1 aliphatic carbocycles. The van der Waals surface area contributed by atoms with Gasteiger partial charge in [0.05, 0.1) is 24.6 Å². The highest BCUT2D eigenvalue weighted by Crippen LogP contribution is 2.39. The van der Waals surface area contributed by atoms with Gasteiger partial charge in [0.15, 0.2) is 0 Å². The summed E-state index contributed by atoms with van der Waals surface area (Å²) in [4.78, 5) is 33.7. The molecular formula is C20H29FN6O3. The molecule has 2 fully saturated rings. The van der Waals surface area contributed by atoms with Crippen LogP contribution in [0.15, 0.2) is 23.4 Å².